The van der Waals surface area contributed by atoms with Crippen LogP contribution in [-0.4, -0.2) is 50.1 Å². The highest BCUT2D eigenvalue weighted by molar-refractivity contribution is 5.89. The number of anilines is 1. The first-order valence-electron chi connectivity index (χ1n) is 10.4. The van der Waals surface area contributed by atoms with E-state index in [9.17, 15) is 9.59 Å². The van der Waals surface area contributed by atoms with E-state index in [1.807, 2.05) is 59.5 Å². The molecule has 4 rings (SSSR count). The lowest BCUT2D eigenvalue weighted by atomic mass is 10.1. The third-order valence-corrected chi connectivity index (χ3v) is 5.30. The van der Waals surface area contributed by atoms with Crippen LogP contribution in [0.5, 0.6) is 0 Å². The molecule has 1 saturated heterocycles. The number of nitrogens with one attached hydrogen (secondary N) is 2. The van der Waals surface area contributed by atoms with Crippen LogP contribution in [0.2, 0.25) is 0 Å². The predicted molar refractivity (Wildman–Crippen MR) is 115 cm³/mol. The summed E-state index contributed by atoms with van der Waals surface area (Å²) in [7, 11) is 0. The molecule has 3 aromatic rings. The number of amides is 3. The lowest BCUT2D eigenvalue weighted by Gasteiger charge is -2.18. The largest absolute Gasteiger partial charge is 0.350 e. The Labute approximate surface area is 180 Å². The van der Waals surface area contributed by atoms with Crippen LogP contribution in [0.1, 0.15) is 30.0 Å². The molecule has 31 heavy (non-hydrogen) atoms. The lowest BCUT2D eigenvalue weighted by Crippen LogP contribution is -2.34. The van der Waals surface area contributed by atoms with Crippen LogP contribution in [0.25, 0.3) is 0 Å². The van der Waals surface area contributed by atoms with Crippen LogP contribution in [-0.2, 0) is 17.8 Å². The van der Waals surface area contributed by atoms with Crippen molar-refractivity contribution in [2.24, 2.45) is 0 Å². The maximum absolute atomic E-state index is 13.0. The fraction of sp³-hybridized carbons (Fsp3) is 0.318. The van der Waals surface area contributed by atoms with E-state index in [0.29, 0.717) is 18.7 Å². The van der Waals surface area contributed by atoms with Crippen LogP contribution in [0, 0.1) is 0 Å². The number of tetrazole rings is 1. The number of carbonyl (C=O) groups excluding carboxylic acids is 2. The topological polar surface area (TPSA) is 105 Å². The molecule has 3 amide bonds. The first-order valence-corrected chi connectivity index (χ1v) is 10.4. The minimum absolute atomic E-state index is 0.0831. The quantitative estimate of drug-likeness (QED) is 0.612. The van der Waals surface area contributed by atoms with Crippen molar-refractivity contribution >= 4 is 17.6 Å². The zero-order chi connectivity index (χ0) is 21.5. The number of nitrogens with zero attached hydrogens (tertiary/aromatic N) is 5. The van der Waals surface area contributed by atoms with Gasteiger partial charge in [0, 0.05) is 31.7 Å². The van der Waals surface area contributed by atoms with E-state index in [0.717, 1.165) is 37.1 Å². The van der Waals surface area contributed by atoms with E-state index >= 15 is 0 Å². The summed E-state index contributed by atoms with van der Waals surface area (Å²) < 4.78 is 1.47. The molecule has 1 aliphatic heterocycles. The standard InChI is InChI=1S/C22H25N7O2/c30-21(20(29-16-24-26-27-29)14-17-7-2-1-3-8-17)23-15-18-9-6-10-19(13-18)25-22(31)28-11-4-5-12-28/h1-3,6-10,13,16,20H,4-5,11-12,14-15H2,(H,23,30)(H,25,31). The molecule has 9 nitrogen and oxygen atoms in total. The van der Waals surface area contributed by atoms with Gasteiger partial charge in [0.05, 0.1) is 0 Å². The van der Waals surface area contributed by atoms with Gasteiger partial charge in [0.25, 0.3) is 0 Å². The monoisotopic (exact) mass is 419 g/mol. The van der Waals surface area contributed by atoms with Crippen LogP contribution in [0.4, 0.5) is 10.5 Å². The lowest BCUT2D eigenvalue weighted by molar-refractivity contribution is -0.124. The highest BCUT2D eigenvalue weighted by Crippen LogP contribution is 2.16. The molecule has 2 heterocycles. The molecule has 2 N–H and O–H groups in total. The molecule has 2 aromatic carbocycles. The average Bonchev–Trinajstić information content (AvgIpc) is 3.51. The summed E-state index contributed by atoms with van der Waals surface area (Å²) in [5, 5.41) is 17.1. The third kappa shape index (κ3) is 5.44. The van der Waals surface area contributed by atoms with Gasteiger partial charge in [-0.25, -0.2) is 9.48 Å². The van der Waals surface area contributed by atoms with Gasteiger partial charge in [0.2, 0.25) is 5.91 Å². The van der Waals surface area contributed by atoms with Gasteiger partial charge in [0.1, 0.15) is 12.4 Å². The highest BCUT2D eigenvalue weighted by Gasteiger charge is 2.22. The SMILES string of the molecule is O=C(NCc1cccc(NC(=O)N2CCCC2)c1)C(Cc1ccccc1)n1cnnn1. The van der Waals surface area contributed by atoms with Crippen molar-refractivity contribution in [3.05, 3.63) is 72.1 Å². The summed E-state index contributed by atoms with van der Waals surface area (Å²) in [6.45, 7) is 1.92. The number of likely N-dealkylation sites (tertiary alicyclic amines) is 1. The van der Waals surface area contributed by atoms with E-state index in [1.54, 1.807) is 0 Å². The molecule has 0 bridgehead atoms. The normalized spacial score (nSPS) is 14.3. The van der Waals surface area contributed by atoms with Crippen molar-refractivity contribution in [2.75, 3.05) is 18.4 Å². The summed E-state index contributed by atoms with van der Waals surface area (Å²) in [5.41, 5.74) is 2.62. The van der Waals surface area contributed by atoms with E-state index in [1.165, 1.54) is 11.0 Å². The molecule has 1 fully saturated rings. The molecule has 0 radical (unpaired) electrons. The van der Waals surface area contributed by atoms with E-state index in [-0.39, 0.29) is 11.9 Å². The first kappa shape index (κ1) is 20.5. The summed E-state index contributed by atoms with van der Waals surface area (Å²) >= 11 is 0. The van der Waals surface area contributed by atoms with Crippen molar-refractivity contribution in [2.45, 2.75) is 31.8 Å². The Morgan fingerprint density at radius 1 is 1.00 bits per heavy atom. The number of carbonyl (C=O) groups is 2. The molecule has 9 heteroatoms. The van der Waals surface area contributed by atoms with Gasteiger partial charge in [-0.15, -0.1) is 5.10 Å². The second-order valence-electron chi connectivity index (χ2n) is 7.54. The van der Waals surface area contributed by atoms with Crippen LogP contribution < -0.4 is 10.6 Å². The Balaban J connectivity index is 1.39. The molecule has 1 atom stereocenters. The molecule has 1 aromatic heterocycles. The maximum atomic E-state index is 13.0. The molecular weight excluding hydrogens is 394 g/mol. The third-order valence-electron chi connectivity index (χ3n) is 5.30. The number of rotatable bonds is 7. The van der Waals surface area contributed by atoms with E-state index in [2.05, 4.69) is 26.2 Å². The number of hydrogen-bond donors (Lipinski definition) is 2. The van der Waals surface area contributed by atoms with E-state index in [4.69, 9.17) is 0 Å². The zero-order valence-electron chi connectivity index (χ0n) is 17.1. The maximum Gasteiger partial charge on any atom is 0.321 e. The van der Waals surface area contributed by atoms with Crippen LogP contribution in [0.15, 0.2) is 60.9 Å². The number of aromatic nitrogens is 4. The Bertz CT molecular complexity index is 1000. The number of urea groups is 1. The fourth-order valence-corrected chi connectivity index (χ4v) is 3.64. The molecule has 1 aliphatic rings. The minimum atomic E-state index is -0.560. The van der Waals surface area contributed by atoms with Crippen LogP contribution >= 0.6 is 0 Å². The van der Waals surface area contributed by atoms with Crippen LogP contribution in [0.3, 0.4) is 0 Å². The number of benzene rings is 2. The predicted octanol–water partition coefficient (Wildman–Crippen LogP) is 2.40. The smallest absolute Gasteiger partial charge is 0.321 e. The van der Waals surface area contributed by atoms with Gasteiger partial charge in [-0.3, -0.25) is 4.79 Å². The Hall–Kier alpha value is -3.75. The number of hydrogen-bond acceptors (Lipinski definition) is 5. The van der Waals surface area contributed by atoms with Gasteiger partial charge in [-0.1, -0.05) is 42.5 Å². The Kier molecular flexibility index (Phi) is 6.51. The summed E-state index contributed by atoms with van der Waals surface area (Å²) in [5.74, 6) is -0.178. The van der Waals surface area contributed by atoms with Crippen molar-refractivity contribution in [3.8, 4) is 0 Å². The second kappa shape index (κ2) is 9.84. The fourth-order valence-electron chi connectivity index (χ4n) is 3.64. The second-order valence-corrected chi connectivity index (χ2v) is 7.54. The summed E-state index contributed by atoms with van der Waals surface area (Å²) in [4.78, 5) is 27.1. The summed E-state index contributed by atoms with van der Waals surface area (Å²) in [6, 6.07) is 16.6. The highest BCUT2D eigenvalue weighted by atomic mass is 16.2. The molecule has 0 spiro atoms. The van der Waals surface area contributed by atoms with Crippen molar-refractivity contribution in [1.29, 1.82) is 0 Å². The minimum Gasteiger partial charge on any atom is -0.350 e. The van der Waals surface area contributed by atoms with Gasteiger partial charge in [-0.2, -0.15) is 0 Å². The Morgan fingerprint density at radius 2 is 1.77 bits per heavy atom. The van der Waals surface area contributed by atoms with Crippen molar-refractivity contribution in [3.63, 3.8) is 0 Å². The van der Waals surface area contributed by atoms with Gasteiger partial charge >= 0.3 is 6.03 Å². The Morgan fingerprint density at radius 3 is 2.52 bits per heavy atom. The zero-order valence-corrected chi connectivity index (χ0v) is 17.1. The average molecular weight is 419 g/mol. The molecule has 1 unspecified atom stereocenters. The van der Waals surface area contributed by atoms with Crippen molar-refractivity contribution in [1.82, 2.24) is 30.4 Å². The molecule has 0 saturated carbocycles. The van der Waals surface area contributed by atoms with E-state index < -0.39 is 6.04 Å². The van der Waals surface area contributed by atoms with Gasteiger partial charge in [-0.05, 0) is 46.5 Å². The summed E-state index contributed by atoms with van der Waals surface area (Å²) in [6.07, 6.45) is 4.02. The van der Waals surface area contributed by atoms with Gasteiger partial charge < -0.3 is 15.5 Å². The molecule has 0 aliphatic carbocycles. The van der Waals surface area contributed by atoms with Gasteiger partial charge in [0.15, 0.2) is 0 Å². The molecular formula is C22H25N7O2. The molecule has 160 valence electrons. The first-order chi connectivity index (χ1) is 15.2. The van der Waals surface area contributed by atoms with Crippen molar-refractivity contribution < 1.29 is 9.59 Å².